The first-order valence-corrected chi connectivity index (χ1v) is 17.3. The van der Waals surface area contributed by atoms with Gasteiger partial charge in [0, 0.05) is 12.6 Å². The quantitative estimate of drug-likeness (QED) is 0.173. The van der Waals surface area contributed by atoms with Crippen molar-refractivity contribution < 1.29 is 22.7 Å². The first kappa shape index (κ1) is 32.8. The van der Waals surface area contributed by atoms with Crippen LogP contribution in [0.15, 0.2) is 114 Å². The summed E-state index contributed by atoms with van der Waals surface area (Å²) < 4.78 is 35.3. The van der Waals surface area contributed by atoms with E-state index in [1.165, 1.54) is 17.0 Å². The number of carbonyl (C=O) groups is 2. The van der Waals surface area contributed by atoms with E-state index in [1.54, 1.807) is 42.5 Å². The van der Waals surface area contributed by atoms with Crippen molar-refractivity contribution in [2.45, 2.75) is 69.5 Å². The summed E-state index contributed by atoms with van der Waals surface area (Å²) in [6.07, 6.45) is 4.35. The molecule has 8 nitrogen and oxygen atoms in total. The third-order valence-electron chi connectivity index (χ3n) is 8.40. The smallest absolute Gasteiger partial charge is 0.264 e. The lowest BCUT2D eigenvalue weighted by molar-refractivity contribution is -0.140. The Kier molecular flexibility index (Phi) is 10.8. The highest BCUT2D eigenvalue weighted by Gasteiger charge is 2.34. The molecule has 0 heterocycles. The first-order valence-electron chi connectivity index (χ1n) is 15.8. The number of ether oxygens (including phenoxy) is 1. The predicted octanol–water partition coefficient (Wildman–Crippen LogP) is 6.85. The van der Waals surface area contributed by atoms with Crippen LogP contribution in [0.3, 0.4) is 0 Å². The minimum absolute atomic E-state index is 0.0592. The molecule has 1 atom stereocenters. The number of amides is 2. The molecule has 1 N–H and O–H groups in total. The highest BCUT2D eigenvalue weighted by Crippen LogP contribution is 2.29. The predicted molar refractivity (Wildman–Crippen MR) is 180 cm³/mol. The van der Waals surface area contributed by atoms with Crippen molar-refractivity contribution in [3.63, 3.8) is 0 Å². The number of sulfonamides is 1. The number of anilines is 1. The fourth-order valence-corrected chi connectivity index (χ4v) is 7.25. The van der Waals surface area contributed by atoms with E-state index < -0.39 is 28.5 Å². The molecule has 5 rings (SSSR count). The number of carbonyl (C=O) groups excluding carboxylic acids is 2. The van der Waals surface area contributed by atoms with Gasteiger partial charge in [0.15, 0.2) is 0 Å². The van der Waals surface area contributed by atoms with Crippen LogP contribution < -0.4 is 14.4 Å². The number of hydrogen-bond donors (Lipinski definition) is 1. The molecule has 1 aliphatic carbocycles. The standard InChI is InChI=1S/C37H41N3O5S/c1-3-35(37(42)38-30-16-12-13-17-30)39(26-29-15-11-10-14-28(29)2)36(41)27-40(46(43,44)34-20-8-5-9-21-34)31-22-24-33(25-23-31)45-32-18-6-4-7-19-32/h4-11,14-15,18-25,30,35H,3,12-13,16-17,26-27H2,1-2H3,(H,38,42)/t35-/m1/s1. The van der Waals surface area contributed by atoms with Gasteiger partial charge in [-0.1, -0.05) is 80.4 Å². The molecule has 0 aliphatic heterocycles. The molecule has 0 bridgehead atoms. The second-order valence-corrected chi connectivity index (χ2v) is 13.5. The monoisotopic (exact) mass is 639 g/mol. The number of hydrogen-bond acceptors (Lipinski definition) is 5. The summed E-state index contributed by atoms with van der Waals surface area (Å²) in [4.78, 5) is 29.6. The Labute approximate surface area is 272 Å². The van der Waals surface area contributed by atoms with Crippen molar-refractivity contribution >= 4 is 27.5 Å². The highest BCUT2D eigenvalue weighted by molar-refractivity contribution is 7.92. The Morgan fingerprint density at radius 2 is 1.41 bits per heavy atom. The maximum absolute atomic E-state index is 14.4. The molecular formula is C37H41N3O5S. The van der Waals surface area contributed by atoms with Gasteiger partial charge >= 0.3 is 0 Å². The van der Waals surface area contributed by atoms with Crippen LogP contribution in [0.2, 0.25) is 0 Å². The summed E-state index contributed by atoms with van der Waals surface area (Å²) in [7, 11) is -4.16. The summed E-state index contributed by atoms with van der Waals surface area (Å²) in [5, 5.41) is 3.15. The topological polar surface area (TPSA) is 96.0 Å². The second-order valence-electron chi connectivity index (χ2n) is 11.6. The average molecular weight is 640 g/mol. The minimum atomic E-state index is -4.16. The van der Waals surface area contributed by atoms with Gasteiger partial charge in [0.25, 0.3) is 10.0 Å². The highest BCUT2D eigenvalue weighted by atomic mass is 32.2. The van der Waals surface area contributed by atoms with E-state index in [-0.39, 0.29) is 23.4 Å². The zero-order valence-corrected chi connectivity index (χ0v) is 27.2. The van der Waals surface area contributed by atoms with Gasteiger partial charge in [-0.3, -0.25) is 13.9 Å². The molecule has 9 heteroatoms. The summed E-state index contributed by atoms with van der Waals surface area (Å²) in [5.41, 5.74) is 2.17. The molecule has 4 aromatic carbocycles. The molecule has 4 aromatic rings. The largest absolute Gasteiger partial charge is 0.457 e. The molecule has 1 saturated carbocycles. The van der Waals surface area contributed by atoms with Crippen molar-refractivity contribution in [1.29, 1.82) is 0 Å². The normalized spacial score (nSPS) is 14.0. The van der Waals surface area contributed by atoms with Crippen LogP contribution in [-0.4, -0.2) is 43.8 Å². The zero-order valence-electron chi connectivity index (χ0n) is 26.3. The Morgan fingerprint density at radius 1 is 0.826 bits per heavy atom. The van der Waals surface area contributed by atoms with Crippen LogP contribution in [0, 0.1) is 6.92 Å². The van der Waals surface area contributed by atoms with Crippen LogP contribution in [0.25, 0.3) is 0 Å². The Bertz CT molecular complexity index is 1710. The number of nitrogens with one attached hydrogen (secondary N) is 1. The van der Waals surface area contributed by atoms with Crippen LogP contribution in [-0.2, 0) is 26.2 Å². The van der Waals surface area contributed by atoms with Crippen molar-refractivity contribution in [2.75, 3.05) is 10.8 Å². The Morgan fingerprint density at radius 3 is 2.04 bits per heavy atom. The van der Waals surface area contributed by atoms with E-state index in [9.17, 15) is 18.0 Å². The number of nitrogens with zero attached hydrogens (tertiary/aromatic N) is 2. The first-order chi connectivity index (χ1) is 22.3. The lowest BCUT2D eigenvalue weighted by atomic mass is 10.1. The van der Waals surface area contributed by atoms with Crippen molar-refractivity contribution in [3.8, 4) is 11.5 Å². The molecule has 2 amide bonds. The van der Waals surface area contributed by atoms with E-state index in [2.05, 4.69) is 5.32 Å². The van der Waals surface area contributed by atoms with Gasteiger partial charge in [-0.15, -0.1) is 0 Å². The van der Waals surface area contributed by atoms with Gasteiger partial charge < -0.3 is 15.0 Å². The number of para-hydroxylation sites is 1. The fraction of sp³-hybridized carbons (Fsp3) is 0.297. The lowest BCUT2D eigenvalue weighted by Gasteiger charge is -2.34. The van der Waals surface area contributed by atoms with E-state index in [4.69, 9.17) is 4.74 Å². The molecule has 0 radical (unpaired) electrons. The average Bonchev–Trinajstić information content (AvgIpc) is 3.58. The molecule has 0 aromatic heterocycles. The van der Waals surface area contributed by atoms with Gasteiger partial charge in [-0.2, -0.15) is 0 Å². The molecule has 46 heavy (non-hydrogen) atoms. The van der Waals surface area contributed by atoms with Crippen LogP contribution in [0.4, 0.5) is 5.69 Å². The Hall–Kier alpha value is -4.63. The summed E-state index contributed by atoms with van der Waals surface area (Å²) in [5.74, 6) is 0.485. The van der Waals surface area contributed by atoms with E-state index in [0.717, 1.165) is 41.1 Å². The zero-order chi connectivity index (χ0) is 32.5. The van der Waals surface area contributed by atoms with Gasteiger partial charge in [0.2, 0.25) is 11.8 Å². The SMILES string of the molecule is CC[C@H](C(=O)NC1CCCC1)N(Cc1ccccc1C)C(=O)CN(c1ccc(Oc2ccccc2)cc1)S(=O)(=O)c1ccccc1. The fourth-order valence-electron chi connectivity index (χ4n) is 5.81. The summed E-state index contributed by atoms with van der Waals surface area (Å²) in [6, 6.07) is 31.0. The van der Waals surface area contributed by atoms with Crippen molar-refractivity contribution in [2.24, 2.45) is 0 Å². The molecule has 0 spiro atoms. The molecule has 240 valence electrons. The molecular weight excluding hydrogens is 598 g/mol. The van der Waals surface area contributed by atoms with Gasteiger partial charge in [-0.25, -0.2) is 8.42 Å². The second kappa shape index (κ2) is 15.1. The minimum Gasteiger partial charge on any atom is -0.457 e. The van der Waals surface area contributed by atoms with E-state index in [0.29, 0.717) is 23.6 Å². The Balaban J connectivity index is 1.48. The molecule has 1 fully saturated rings. The van der Waals surface area contributed by atoms with Gasteiger partial charge in [-0.05, 0) is 85.8 Å². The molecule has 0 saturated heterocycles. The van der Waals surface area contributed by atoms with E-state index >= 15 is 0 Å². The van der Waals surface area contributed by atoms with Crippen LogP contribution in [0.5, 0.6) is 11.5 Å². The number of aryl methyl sites for hydroxylation is 1. The maximum Gasteiger partial charge on any atom is 0.264 e. The van der Waals surface area contributed by atoms with Crippen molar-refractivity contribution in [3.05, 3.63) is 120 Å². The third kappa shape index (κ3) is 7.95. The van der Waals surface area contributed by atoms with Gasteiger partial charge in [0.1, 0.15) is 24.1 Å². The number of rotatable bonds is 13. The van der Waals surface area contributed by atoms with Crippen LogP contribution in [0.1, 0.15) is 50.2 Å². The maximum atomic E-state index is 14.4. The van der Waals surface area contributed by atoms with Crippen LogP contribution >= 0.6 is 0 Å². The van der Waals surface area contributed by atoms with Gasteiger partial charge in [0.05, 0.1) is 10.6 Å². The third-order valence-corrected chi connectivity index (χ3v) is 10.2. The molecule has 0 unspecified atom stereocenters. The lowest BCUT2D eigenvalue weighted by Crippen LogP contribution is -2.53. The summed E-state index contributed by atoms with van der Waals surface area (Å²) >= 11 is 0. The van der Waals surface area contributed by atoms with E-state index in [1.807, 2.05) is 68.4 Å². The van der Waals surface area contributed by atoms with Crippen molar-refractivity contribution in [1.82, 2.24) is 10.2 Å². The number of benzene rings is 4. The molecule has 1 aliphatic rings. The summed E-state index contributed by atoms with van der Waals surface area (Å²) in [6.45, 7) is 3.52.